The first-order valence-electron chi connectivity index (χ1n) is 10.8. The number of benzene rings is 3. The van der Waals surface area contributed by atoms with Crippen LogP contribution in [0.25, 0.3) is 21.9 Å². The molecule has 0 fully saturated rings. The van der Waals surface area contributed by atoms with E-state index in [4.69, 9.17) is 0 Å². The minimum Gasteiger partial charge on any atom is -0.0654 e. The van der Waals surface area contributed by atoms with E-state index in [1.807, 2.05) is 0 Å². The first-order chi connectivity index (χ1) is 13.2. The lowest BCUT2D eigenvalue weighted by Crippen LogP contribution is -1.98. The summed E-state index contributed by atoms with van der Waals surface area (Å²) in [4.78, 5) is 0. The molecule has 3 aromatic rings. The molecule has 3 rings (SSSR count). The average molecular weight is 359 g/mol. The van der Waals surface area contributed by atoms with Gasteiger partial charge in [-0.2, -0.15) is 0 Å². The van der Waals surface area contributed by atoms with Gasteiger partial charge in [0.1, 0.15) is 0 Å². The summed E-state index contributed by atoms with van der Waals surface area (Å²) in [7, 11) is 0. The van der Waals surface area contributed by atoms with Gasteiger partial charge in [0.15, 0.2) is 0 Å². The van der Waals surface area contributed by atoms with E-state index in [1.165, 1.54) is 78.0 Å². The van der Waals surface area contributed by atoms with E-state index in [-0.39, 0.29) is 0 Å². The Hall–Kier alpha value is -2.08. The maximum atomic E-state index is 2.40. The van der Waals surface area contributed by atoms with Crippen molar-refractivity contribution in [1.29, 1.82) is 0 Å². The standard InChI is InChI=1S/C27H34/c1-4-5-6-7-8-9-14-21(2)24-16-12-13-18-27(24)26-20-19-23-15-10-11-17-25(23)22(26)3/h10-13,15-21H,4-9,14H2,1-3H3. The van der Waals surface area contributed by atoms with Gasteiger partial charge >= 0.3 is 0 Å². The van der Waals surface area contributed by atoms with Crippen LogP contribution >= 0.6 is 0 Å². The largest absolute Gasteiger partial charge is 0.0654 e. The minimum atomic E-state index is 0.609. The second-order valence-electron chi connectivity index (χ2n) is 8.00. The number of rotatable bonds is 9. The first-order valence-corrected chi connectivity index (χ1v) is 10.8. The summed E-state index contributed by atoms with van der Waals surface area (Å²) in [5.41, 5.74) is 5.70. The average Bonchev–Trinajstić information content (AvgIpc) is 2.71. The molecule has 1 atom stereocenters. The lowest BCUT2D eigenvalue weighted by Gasteiger charge is -2.19. The molecule has 27 heavy (non-hydrogen) atoms. The fraction of sp³-hybridized carbons (Fsp3) is 0.407. The van der Waals surface area contributed by atoms with Gasteiger partial charge < -0.3 is 0 Å². The molecule has 1 unspecified atom stereocenters. The van der Waals surface area contributed by atoms with Gasteiger partial charge in [-0.25, -0.2) is 0 Å². The Bertz CT molecular complexity index is 859. The highest BCUT2D eigenvalue weighted by Gasteiger charge is 2.14. The van der Waals surface area contributed by atoms with Crippen molar-refractivity contribution < 1.29 is 0 Å². The molecule has 0 radical (unpaired) electrons. The predicted octanol–water partition coefficient (Wildman–Crippen LogP) is 8.67. The Morgan fingerprint density at radius 2 is 1.41 bits per heavy atom. The molecule has 3 aromatic carbocycles. The summed E-state index contributed by atoms with van der Waals surface area (Å²) < 4.78 is 0. The van der Waals surface area contributed by atoms with Gasteiger partial charge in [-0.05, 0) is 52.3 Å². The summed E-state index contributed by atoms with van der Waals surface area (Å²) in [6.45, 7) is 6.96. The molecule has 0 heterocycles. The van der Waals surface area contributed by atoms with E-state index in [0.29, 0.717) is 5.92 Å². The zero-order chi connectivity index (χ0) is 19.1. The molecule has 142 valence electrons. The fourth-order valence-electron chi connectivity index (χ4n) is 4.28. The van der Waals surface area contributed by atoms with Crippen LogP contribution in [0.5, 0.6) is 0 Å². The second-order valence-corrected chi connectivity index (χ2v) is 8.00. The van der Waals surface area contributed by atoms with Crippen molar-refractivity contribution in [1.82, 2.24) is 0 Å². The van der Waals surface area contributed by atoms with E-state index < -0.39 is 0 Å². The van der Waals surface area contributed by atoms with Crippen LogP contribution < -0.4 is 0 Å². The lowest BCUT2D eigenvalue weighted by molar-refractivity contribution is 0.557. The molecule has 0 saturated heterocycles. The minimum absolute atomic E-state index is 0.609. The molecule has 0 N–H and O–H groups in total. The van der Waals surface area contributed by atoms with Crippen molar-refractivity contribution in [3.05, 3.63) is 71.8 Å². The van der Waals surface area contributed by atoms with Crippen LogP contribution in [0.3, 0.4) is 0 Å². The Kier molecular flexibility index (Phi) is 7.10. The molecule has 0 saturated carbocycles. The van der Waals surface area contributed by atoms with Crippen LogP contribution in [-0.4, -0.2) is 0 Å². The zero-order valence-electron chi connectivity index (χ0n) is 17.3. The second kappa shape index (κ2) is 9.74. The molecule has 0 aromatic heterocycles. The number of hydrogen-bond acceptors (Lipinski definition) is 0. The van der Waals surface area contributed by atoms with Gasteiger partial charge in [-0.15, -0.1) is 0 Å². The van der Waals surface area contributed by atoms with Crippen LogP contribution in [0.15, 0.2) is 60.7 Å². The van der Waals surface area contributed by atoms with Crippen molar-refractivity contribution in [2.24, 2.45) is 0 Å². The summed E-state index contributed by atoms with van der Waals surface area (Å²) in [6, 6.07) is 22.3. The Labute approximate surface area is 165 Å². The Morgan fingerprint density at radius 3 is 2.26 bits per heavy atom. The number of aryl methyl sites for hydroxylation is 1. The van der Waals surface area contributed by atoms with Gasteiger partial charge in [0.05, 0.1) is 0 Å². The normalized spacial score (nSPS) is 12.4. The number of fused-ring (bicyclic) bond motifs is 1. The van der Waals surface area contributed by atoms with Gasteiger partial charge in [-0.1, -0.05) is 113 Å². The third-order valence-electron chi connectivity index (χ3n) is 5.97. The third-order valence-corrected chi connectivity index (χ3v) is 5.97. The topological polar surface area (TPSA) is 0 Å². The van der Waals surface area contributed by atoms with Crippen molar-refractivity contribution >= 4 is 10.8 Å². The molecule has 0 spiro atoms. The summed E-state index contributed by atoms with van der Waals surface area (Å²) in [5, 5.41) is 2.70. The van der Waals surface area contributed by atoms with Crippen molar-refractivity contribution in [3.63, 3.8) is 0 Å². The first kappa shape index (κ1) is 19.7. The van der Waals surface area contributed by atoms with Crippen molar-refractivity contribution in [2.45, 2.75) is 71.6 Å². The summed E-state index contributed by atoms with van der Waals surface area (Å²) >= 11 is 0. The molecule has 0 nitrogen and oxygen atoms in total. The van der Waals surface area contributed by atoms with Crippen molar-refractivity contribution in [3.8, 4) is 11.1 Å². The summed E-state index contributed by atoms with van der Waals surface area (Å²) in [5.74, 6) is 0.609. The van der Waals surface area contributed by atoms with E-state index >= 15 is 0 Å². The van der Waals surface area contributed by atoms with Crippen LogP contribution in [0.2, 0.25) is 0 Å². The van der Waals surface area contributed by atoms with E-state index in [9.17, 15) is 0 Å². The molecular formula is C27H34. The fourth-order valence-corrected chi connectivity index (χ4v) is 4.28. The number of unbranched alkanes of at least 4 members (excludes halogenated alkanes) is 5. The highest BCUT2D eigenvalue weighted by Crippen LogP contribution is 2.36. The highest BCUT2D eigenvalue weighted by atomic mass is 14.2. The maximum absolute atomic E-state index is 2.40. The van der Waals surface area contributed by atoms with Crippen LogP contribution in [0.4, 0.5) is 0 Å². The smallest absolute Gasteiger partial charge is 0.0145 e. The quantitative estimate of drug-likeness (QED) is 0.336. The van der Waals surface area contributed by atoms with Gasteiger partial charge in [0.25, 0.3) is 0 Å². The molecule has 0 amide bonds. The third kappa shape index (κ3) is 4.80. The van der Waals surface area contributed by atoms with Crippen molar-refractivity contribution in [2.75, 3.05) is 0 Å². The van der Waals surface area contributed by atoms with Crippen LogP contribution in [0, 0.1) is 6.92 Å². The van der Waals surface area contributed by atoms with Crippen LogP contribution in [-0.2, 0) is 0 Å². The highest BCUT2D eigenvalue weighted by molar-refractivity contribution is 5.92. The van der Waals surface area contributed by atoms with E-state index in [1.54, 1.807) is 0 Å². The monoisotopic (exact) mass is 358 g/mol. The predicted molar refractivity (Wildman–Crippen MR) is 121 cm³/mol. The molecular weight excluding hydrogens is 324 g/mol. The Balaban J connectivity index is 1.79. The Morgan fingerprint density at radius 1 is 0.704 bits per heavy atom. The SMILES string of the molecule is CCCCCCCCC(C)c1ccccc1-c1ccc2ccccc2c1C. The van der Waals surface area contributed by atoms with Gasteiger partial charge in [0.2, 0.25) is 0 Å². The molecule has 0 aliphatic rings. The van der Waals surface area contributed by atoms with Gasteiger partial charge in [0, 0.05) is 0 Å². The molecule has 0 bridgehead atoms. The van der Waals surface area contributed by atoms with Crippen LogP contribution in [0.1, 0.15) is 75.8 Å². The lowest BCUT2D eigenvalue weighted by atomic mass is 9.86. The maximum Gasteiger partial charge on any atom is -0.0145 e. The van der Waals surface area contributed by atoms with E-state index in [0.717, 1.165) is 0 Å². The zero-order valence-corrected chi connectivity index (χ0v) is 17.3. The molecule has 0 aliphatic carbocycles. The van der Waals surface area contributed by atoms with Gasteiger partial charge in [-0.3, -0.25) is 0 Å². The summed E-state index contributed by atoms with van der Waals surface area (Å²) in [6.07, 6.45) is 9.52. The van der Waals surface area contributed by atoms with E-state index in [2.05, 4.69) is 81.4 Å². The molecule has 0 aliphatic heterocycles. The molecule has 0 heteroatoms. The number of hydrogen-bond donors (Lipinski definition) is 0.